The first-order chi connectivity index (χ1) is 13.2. The SMILES string of the molecule is O=C(c1cc(N2CCOCC2)ccn1)N1CCN(Cc2ccc(Cl)s2)CC1. The Balaban J connectivity index is 1.35. The van der Waals surface area contributed by atoms with Crippen LogP contribution in [0.5, 0.6) is 0 Å². The molecule has 0 N–H and O–H groups in total. The number of ether oxygens (including phenoxy) is 1. The van der Waals surface area contributed by atoms with E-state index in [-0.39, 0.29) is 5.91 Å². The Kier molecular flexibility index (Phi) is 5.92. The highest BCUT2D eigenvalue weighted by Gasteiger charge is 2.24. The second-order valence-electron chi connectivity index (χ2n) is 6.77. The molecule has 2 aliphatic rings. The fourth-order valence-corrected chi connectivity index (χ4v) is 4.61. The normalized spacial score (nSPS) is 18.7. The minimum Gasteiger partial charge on any atom is -0.378 e. The molecule has 0 radical (unpaired) electrons. The summed E-state index contributed by atoms with van der Waals surface area (Å²) >= 11 is 7.63. The highest BCUT2D eigenvalue weighted by Crippen LogP contribution is 2.23. The van der Waals surface area contributed by atoms with Gasteiger partial charge in [-0.2, -0.15) is 0 Å². The van der Waals surface area contributed by atoms with Crippen molar-refractivity contribution in [3.8, 4) is 0 Å². The lowest BCUT2D eigenvalue weighted by molar-refractivity contribution is 0.0624. The molecule has 0 unspecified atom stereocenters. The van der Waals surface area contributed by atoms with Crippen LogP contribution in [0.1, 0.15) is 15.4 Å². The number of rotatable bonds is 4. The van der Waals surface area contributed by atoms with Crippen molar-refractivity contribution < 1.29 is 9.53 Å². The largest absolute Gasteiger partial charge is 0.378 e. The minimum absolute atomic E-state index is 0.0175. The van der Waals surface area contributed by atoms with Gasteiger partial charge >= 0.3 is 0 Å². The fraction of sp³-hybridized carbons (Fsp3) is 0.474. The van der Waals surface area contributed by atoms with E-state index in [1.54, 1.807) is 17.5 Å². The van der Waals surface area contributed by atoms with E-state index in [9.17, 15) is 4.79 Å². The fourth-order valence-electron chi connectivity index (χ4n) is 3.48. The summed E-state index contributed by atoms with van der Waals surface area (Å²) in [4.78, 5) is 25.0. The van der Waals surface area contributed by atoms with Crippen LogP contribution in [-0.2, 0) is 11.3 Å². The maximum absolute atomic E-state index is 12.9. The van der Waals surface area contributed by atoms with E-state index in [0.717, 1.165) is 69.1 Å². The second kappa shape index (κ2) is 8.56. The van der Waals surface area contributed by atoms with Gasteiger partial charge in [0.1, 0.15) is 5.69 Å². The second-order valence-corrected chi connectivity index (χ2v) is 8.57. The third kappa shape index (κ3) is 4.60. The Labute approximate surface area is 168 Å². The Morgan fingerprint density at radius 2 is 1.89 bits per heavy atom. The molecule has 0 saturated carbocycles. The third-order valence-electron chi connectivity index (χ3n) is 5.01. The van der Waals surface area contributed by atoms with Gasteiger partial charge in [0.05, 0.1) is 17.6 Å². The molecule has 4 heterocycles. The van der Waals surface area contributed by atoms with Gasteiger partial charge in [-0.05, 0) is 24.3 Å². The lowest BCUT2D eigenvalue weighted by atomic mass is 10.2. The van der Waals surface area contributed by atoms with Crippen LogP contribution in [0.4, 0.5) is 5.69 Å². The summed E-state index contributed by atoms with van der Waals surface area (Å²) in [6, 6.07) is 7.89. The van der Waals surface area contributed by atoms with Crippen molar-refractivity contribution in [1.29, 1.82) is 0 Å². The van der Waals surface area contributed by atoms with Gasteiger partial charge in [0.15, 0.2) is 0 Å². The van der Waals surface area contributed by atoms with Gasteiger partial charge in [-0.25, -0.2) is 0 Å². The summed E-state index contributed by atoms with van der Waals surface area (Å²) in [6.07, 6.45) is 1.73. The van der Waals surface area contributed by atoms with Crippen LogP contribution < -0.4 is 4.90 Å². The van der Waals surface area contributed by atoms with Crippen LogP contribution in [0.2, 0.25) is 4.34 Å². The zero-order valence-electron chi connectivity index (χ0n) is 15.1. The van der Waals surface area contributed by atoms with E-state index in [1.165, 1.54) is 4.88 Å². The predicted molar refractivity (Wildman–Crippen MR) is 108 cm³/mol. The molecular weight excluding hydrogens is 384 g/mol. The van der Waals surface area contributed by atoms with Crippen molar-refractivity contribution in [2.45, 2.75) is 6.54 Å². The lowest BCUT2D eigenvalue weighted by Gasteiger charge is -2.34. The number of carbonyl (C=O) groups excluding carboxylic acids is 1. The Morgan fingerprint density at radius 1 is 1.11 bits per heavy atom. The number of pyridine rings is 1. The Bertz CT molecular complexity index is 786. The molecule has 0 atom stereocenters. The number of hydrogen-bond acceptors (Lipinski definition) is 6. The number of hydrogen-bond donors (Lipinski definition) is 0. The van der Waals surface area contributed by atoms with Crippen molar-refractivity contribution in [1.82, 2.24) is 14.8 Å². The maximum atomic E-state index is 12.9. The third-order valence-corrected chi connectivity index (χ3v) is 6.22. The summed E-state index contributed by atoms with van der Waals surface area (Å²) in [6.45, 7) is 7.22. The van der Waals surface area contributed by atoms with Crippen LogP contribution in [-0.4, -0.2) is 73.2 Å². The monoisotopic (exact) mass is 406 g/mol. The molecule has 1 amide bonds. The van der Waals surface area contributed by atoms with Gasteiger partial charge in [-0.15, -0.1) is 11.3 Å². The molecule has 2 aromatic rings. The van der Waals surface area contributed by atoms with E-state index < -0.39 is 0 Å². The molecule has 8 heteroatoms. The topological polar surface area (TPSA) is 48.9 Å². The molecule has 4 rings (SSSR count). The first-order valence-corrected chi connectivity index (χ1v) is 10.4. The number of thiophene rings is 1. The van der Waals surface area contributed by atoms with Crippen LogP contribution in [0.15, 0.2) is 30.5 Å². The highest BCUT2D eigenvalue weighted by atomic mass is 35.5. The maximum Gasteiger partial charge on any atom is 0.272 e. The van der Waals surface area contributed by atoms with E-state index in [4.69, 9.17) is 16.3 Å². The van der Waals surface area contributed by atoms with Gasteiger partial charge < -0.3 is 14.5 Å². The van der Waals surface area contributed by atoms with Crippen LogP contribution >= 0.6 is 22.9 Å². The molecule has 0 bridgehead atoms. The van der Waals surface area contributed by atoms with Crippen molar-refractivity contribution in [3.63, 3.8) is 0 Å². The number of anilines is 1. The molecule has 6 nitrogen and oxygen atoms in total. The van der Waals surface area contributed by atoms with E-state index in [2.05, 4.69) is 20.9 Å². The molecule has 0 spiro atoms. The van der Waals surface area contributed by atoms with Crippen LogP contribution in [0.3, 0.4) is 0 Å². The molecule has 2 aliphatic heterocycles. The Morgan fingerprint density at radius 3 is 2.59 bits per heavy atom. The molecule has 0 aliphatic carbocycles. The predicted octanol–water partition coefficient (Wildman–Crippen LogP) is 2.59. The van der Waals surface area contributed by atoms with Crippen LogP contribution in [0.25, 0.3) is 0 Å². The van der Waals surface area contributed by atoms with Gasteiger partial charge in [0, 0.05) is 62.6 Å². The standard InChI is InChI=1S/C19H23ClN4O2S/c20-18-2-1-16(27-18)14-22-5-7-24(8-6-22)19(25)17-13-15(3-4-21-17)23-9-11-26-12-10-23/h1-4,13H,5-12,14H2. The van der Waals surface area contributed by atoms with Gasteiger partial charge in [0.25, 0.3) is 5.91 Å². The van der Waals surface area contributed by atoms with E-state index in [1.807, 2.05) is 23.1 Å². The number of halogens is 1. The van der Waals surface area contributed by atoms with E-state index in [0.29, 0.717) is 5.69 Å². The summed E-state index contributed by atoms with van der Waals surface area (Å²) in [7, 11) is 0. The van der Waals surface area contributed by atoms with Crippen molar-refractivity contribution in [3.05, 3.63) is 45.4 Å². The Hall–Kier alpha value is -1.67. The number of nitrogens with zero attached hydrogens (tertiary/aromatic N) is 4. The molecule has 0 aromatic carbocycles. The molecule has 2 aromatic heterocycles. The molecule has 2 fully saturated rings. The summed E-state index contributed by atoms with van der Waals surface area (Å²) < 4.78 is 6.23. The quantitative estimate of drug-likeness (QED) is 0.781. The number of aromatic nitrogens is 1. The smallest absolute Gasteiger partial charge is 0.272 e. The lowest BCUT2D eigenvalue weighted by Crippen LogP contribution is -2.48. The first kappa shape index (κ1) is 18.7. The molecule has 2 saturated heterocycles. The molecule has 27 heavy (non-hydrogen) atoms. The number of morpholine rings is 1. The first-order valence-electron chi connectivity index (χ1n) is 9.23. The van der Waals surface area contributed by atoms with Gasteiger partial charge in [0.2, 0.25) is 0 Å². The summed E-state index contributed by atoms with van der Waals surface area (Å²) in [5.41, 5.74) is 1.57. The number of amides is 1. The van der Waals surface area contributed by atoms with E-state index >= 15 is 0 Å². The van der Waals surface area contributed by atoms with Gasteiger partial charge in [-0.1, -0.05) is 11.6 Å². The summed E-state index contributed by atoms with van der Waals surface area (Å²) in [5, 5.41) is 0. The van der Waals surface area contributed by atoms with Crippen molar-refractivity contribution in [2.24, 2.45) is 0 Å². The highest BCUT2D eigenvalue weighted by molar-refractivity contribution is 7.16. The average molecular weight is 407 g/mol. The van der Waals surface area contributed by atoms with Crippen molar-refractivity contribution in [2.75, 3.05) is 57.4 Å². The average Bonchev–Trinajstić information content (AvgIpc) is 3.13. The summed E-state index contributed by atoms with van der Waals surface area (Å²) in [5.74, 6) is 0.0175. The minimum atomic E-state index is 0.0175. The molecular formula is C19H23ClN4O2S. The van der Waals surface area contributed by atoms with Crippen molar-refractivity contribution >= 4 is 34.5 Å². The zero-order chi connectivity index (χ0) is 18.6. The zero-order valence-corrected chi connectivity index (χ0v) is 16.7. The number of carbonyl (C=O) groups is 1. The molecule has 144 valence electrons. The van der Waals surface area contributed by atoms with Gasteiger partial charge in [-0.3, -0.25) is 14.7 Å². The van der Waals surface area contributed by atoms with Crippen LogP contribution in [0, 0.1) is 0 Å². The number of piperazine rings is 1.